The molecule has 0 unspecified atom stereocenters. The van der Waals surface area contributed by atoms with Crippen LogP contribution in [0.2, 0.25) is 0 Å². The van der Waals surface area contributed by atoms with Crippen LogP contribution < -0.4 is 0 Å². The number of rotatable bonds is 3. The summed E-state index contributed by atoms with van der Waals surface area (Å²) in [5.74, 6) is -0.0801. The number of nitrogens with zero attached hydrogens (tertiary/aromatic N) is 3. The number of nitriles is 1. The summed E-state index contributed by atoms with van der Waals surface area (Å²) in [5, 5.41) is 8.92. The van der Waals surface area contributed by atoms with E-state index in [0.717, 1.165) is 5.56 Å². The number of sulfone groups is 1. The Balaban J connectivity index is 2.59. The Morgan fingerprint density at radius 2 is 1.95 bits per heavy atom. The second kappa shape index (κ2) is 5.16. The predicted octanol–water partition coefficient (Wildman–Crippen LogP) is 1.81. The normalized spacial score (nSPS) is 10.9. The van der Waals surface area contributed by atoms with Crippen molar-refractivity contribution < 1.29 is 8.42 Å². The molecule has 2 aromatic rings. The average molecular weight is 273 g/mol. The quantitative estimate of drug-likeness (QED) is 0.851. The van der Waals surface area contributed by atoms with Crippen LogP contribution in [0, 0.1) is 11.3 Å². The third kappa shape index (κ3) is 2.61. The Morgan fingerprint density at radius 3 is 2.53 bits per heavy atom. The van der Waals surface area contributed by atoms with Crippen LogP contribution >= 0.6 is 0 Å². The van der Waals surface area contributed by atoms with Crippen molar-refractivity contribution >= 4 is 9.84 Å². The van der Waals surface area contributed by atoms with Crippen molar-refractivity contribution in [2.45, 2.75) is 11.9 Å². The molecule has 0 atom stereocenters. The third-order valence-electron chi connectivity index (χ3n) is 2.66. The minimum absolute atomic E-state index is 0.0659. The molecule has 0 radical (unpaired) electrons. The van der Waals surface area contributed by atoms with Crippen LogP contribution in [0.1, 0.15) is 12.5 Å². The highest BCUT2D eigenvalue weighted by Gasteiger charge is 2.19. The van der Waals surface area contributed by atoms with E-state index in [1.807, 2.05) is 6.07 Å². The van der Waals surface area contributed by atoms with E-state index in [1.165, 1.54) is 19.2 Å². The topological polar surface area (TPSA) is 83.7 Å². The molecule has 0 fully saturated rings. The first-order chi connectivity index (χ1) is 9.08. The second-order valence-electron chi connectivity index (χ2n) is 3.83. The lowest BCUT2D eigenvalue weighted by Gasteiger charge is -2.06. The van der Waals surface area contributed by atoms with E-state index in [9.17, 15) is 8.42 Å². The van der Waals surface area contributed by atoms with E-state index in [-0.39, 0.29) is 16.3 Å². The van der Waals surface area contributed by atoms with Crippen molar-refractivity contribution in [3.63, 3.8) is 0 Å². The fraction of sp³-hybridized carbons (Fsp3) is 0.154. The number of hydrogen-bond acceptors (Lipinski definition) is 5. The van der Waals surface area contributed by atoms with E-state index in [1.54, 1.807) is 24.5 Å². The molecule has 0 spiro atoms. The van der Waals surface area contributed by atoms with Gasteiger partial charge in [-0.3, -0.25) is 4.98 Å². The highest BCUT2D eigenvalue weighted by atomic mass is 32.2. The van der Waals surface area contributed by atoms with Crippen molar-refractivity contribution in [1.82, 2.24) is 9.97 Å². The molecule has 0 N–H and O–H groups in total. The number of aromatic nitrogens is 2. The molecule has 2 aromatic heterocycles. The molecule has 0 bridgehead atoms. The second-order valence-corrected chi connectivity index (χ2v) is 6.02. The summed E-state index contributed by atoms with van der Waals surface area (Å²) >= 11 is 0. The van der Waals surface area contributed by atoms with Gasteiger partial charge in [0.2, 0.25) is 0 Å². The minimum atomic E-state index is -3.49. The first kappa shape index (κ1) is 13.2. The van der Waals surface area contributed by atoms with Crippen molar-refractivity contribution in [3.8, 4) is 17.2 Å². The van der Waals surface area contributed by atoms with Crippen LogP contribution in [0.15, 0.2) is 41.8 Å². The van der Waals surface area contributed by atoms with Crippen molar-refractivity contribution in [3.05, 3.63) is 42.4 Å². The van der Waals surface area contributed by atoms with E-state index >= 15 is 0 Å². The Kier molecular flexibility index (Phi) is 3.58. The van der Waals surface area contributed by atoms with Gasteiger partial charge in [-0.1, -0.05) is 6.92 Å². The monoisotopic (exact) mass is 273 g/mol. The molecule has 0 saturated carbocycles. The van der Waals surface area contributed by atoms with Gasteiger partial charge >= 0.3 is 0 Å². The fourth-order valence-electron chi connectivity index (χ4n) is 1.62. The lowest BCUT2D eigenvalue weighted by atomic mass is 10.1. The molecule has 0 aliphatic carbocycles. The molecular weight excluding hydrogens is 262 g/mol. The minimum Gasteiger partial charge on any atom is -0.265 e. The Bertz CT molecular complexity index is 734. The zero-order valence-electron chi connectivity index (χ0n) is 10.2. The largest absolute Gasteiger partial charge is 0.265 e. The number of pyridine rings is 2. The van der Waals surface area contributed by atoms with E-state index in [0.29, 0.717) is 5.56 Å². The summed E-state index contributed by atoms with van der Waals surface area (Å²) in [4.78, 5) is 7.84. The molecule has 2 rings (SSSR count). The Labute approximate surface area is 111 Å². The van der Waals surface area contributed by atoms with Gasteiger partial charge in [0, 0.05) is 24.2 Å². The molecule has 96 valence electrons. The summed E-state index contributed by atoms with van der Waals surface area (Å²) < 4.78 is 23.6. The van der Waals surface area contributed by atoms with Gasteiger partial charge in [0.15, 0.2) is 14.9 Å². The first-order valence-electron chi connectivity index (χ1n) is 5.62. The molecule has 0 aromatic carbocycles. The number of hydrogen-bond donors (Lipinski definition) is 0. The average Bonchev–Trinajstić information content (AvgIpc) is 2.47. The van der Waals surface area contributed by atoms with Gasteiger partial charge in [0.25, 0.3) is 0 Å². The summed E-state index contributed by atoms with van der Waals surface area (Å²) in [6.45, 7) is 1.52. The maximum atomic E-state index is 11.8. The SMILES string of the molecule is CCS(=O)(=O)c1ncc(-c2ccncc2)cc1C#N. The van der Waals surface area contributed by atoms with Gasteiger partial charge in [0.05, 0.1) is 11.3 Å². The summed E-state index contributed by atoms with van der Waals surface area (Å²) in [6, 6.07) is 6.96. The standard InChI is InChI=1S/C13H11N3O2S/c1-2-19(17,18)13-11(8-14)7-12(9-16-13)10-3-5-15-6-4-10/h3-7,9H,2H2,1H3. The van der Waals surface area contributed by atoms with Crippen molar-refractivity contribution in [2.24, 2.45) is 0 Å². The van der Waals surface area contributed by atoms with Crippen LogP contribution in [0.3, 0.4) is 0 Å². The van der Waals surface area contributed by atoms with Gasteiger partial charge < -0.3 is 0 Å². The van der Waals surface area contributed by atoms with Crippen molar-refractivity contribution in [1.29, 1.82) is 5.26 Å². The molecule has 5 nitrogen and oxygen atoms in total. The van der Waals surface area contributed by atoms with Gasteiger partial charge in [-0.25, -0.2) is 13.4 Å². The smallest absolute Gasteiger partial charge is 0.196 e. The van der Waals surface area contributed by atoms with E-state index < -0.39 is 9.84 Å². The zero-order valence-corrected chi connectivity index (χ0v) is 11.1. The predicted molar refractivity (Wildman–Crippen MR) is 69.9 cm³/mol. The molecule has 19 heavy (non-hydrogen) atoms. The zero-order chi connectivity index (χ0) is 13.9. The Morgan fingerprint density at radius 1 is 1.26 bits per heavy atom. The van der Waals surface area contributed by atoms with Gasteiger partial charge in [-0.05, 0) is 23.8 Å². The highest BCUT2D eigenvalue weighted by molar-refractivity contribution is 7.91. The maximum Gasteiger partial charge on any atom is 0.196 e. The van der Waals surface area contributed by atoms with E-state index in [4.69, 9.17) is 5.26 Å². The molecule has 6 heteroatoms. The van der Waals surface area contributed by atoms with Crippen molar-refractivity contribution in [2.75, 3.05) is 5.75 Å². The van der Waals surface area contributed by atoms with Gasteiger partial charge in [-0.15, -0.1) is 0 Å². The van der Waals surface area contributed by atoms with Gasteiger partial charge in [0.1, 0.15) is 6.07 Å². The summed E-state index contributed by atoms with van der Waals surface area (Å²) in [7, 11) is -3.49. The molecule has 2 heterocycles. The molecule has 0 aliphatic rings. The summed E-state index contributed by atoms with van der Waals surface area (Å²) in [5.41, 5.74) is 1.59. The fourth-order valence-corrected chi connectivity index (χ4v) is 2.55. The van der Waals surface area contributed by atoms with Crippen LogP contribution in [0.4, 0.5) is 0 Å². The van der Waals surface area contributed by atoms with Gasteiger partial charge in [-0.2, -0.15) is 5.26 Å². The third-order valence-corrected chi connectivity index (χ3v) is 4.33. The van der Waals surface area contributed by atoms with Crippen LogP contribution in [0.25, 0.3) is 11.1 Å². The lowest BCUT2D eigenvalue weighted by Crippen LogP contribution is -2.08. The maximum absolute atomic E-state index is 11.8. The van der Waals surface area contributed by atoms with E-state index in [2.05, 4.69) is 9.97 Å². The van der Waals surface area contributed by atoms with Crippen LogP contribution in [-0.2, 0) is 9.84 Å². The lowest BCUT2D eigenvalue weighted by molar-refractivity contribution is 0.593. The first-order valence-corrected chi connectivity index (χ1v) is 7.27. The molecule has 0 amide bonds. The van der Waals surface area contributed by atoms with Crippen LogP contribution in [-0.4, -0.2) is 24.1 Å². The summed E-state index contributed by atoms with van der Waals surface area (Å²) in [6.07, 6.45) is 4.70. The molecule has 0 aliphatic heterocycles. The highest BCUT2D eigenvalue weighted by Crippen LogP contribution is 2.22. The molecular formula is C13H11N3O2S. The van der Waals surface area contributed by atoms with Crippen LogP contribution in [0.5, 0.6) is 0 Å². The molecule has 0 saturated heterocycles. The Hall–Kier alpha value is -2.26.